The standard InChI is InChI=1S/C17H22F2O4/c1-3-5-12-6-7-13(9-14(12)18)15(20)23-16-21-10-17(19,8-4-2)11-22-16/h6-7,9,16H,3-5,8,10-11H2,1-2H3. The van der Waals surface area contributed by atoms with Gasteiger partial charge in [-0.25, -0.2) is 13.6 Å². The molecule has 1 saturated heterocycles. The number of carbonyl (C=O) groups excluding carboxylic acids is 1. The van der Waals surface area contributed by atoms with E-state index in [-0.39, 0.29) is 18.8 Å². The van der Waals surface area contributed by atoms with Crippen LogP contribution in [0.1, 0.15) is 49.0 Å². The molecule has 0 spiro atoms. The van der Waals surface area contributed by atoms with Gasteiger partial charge < -0.3 is 14.2 Å². The third-order valence-corrected chi connectivity index (χ3v) is 3.67. The Hall–Kier alpha value is -1.53. The van der Waals surface area contributed by atoms with Crippen LogP contribution in [-0.4, -0.2) is 31.3 Å². The molecule has 1 fully saturated rings. The van der Waals surface area contributed by atoms with Crippen LogP contribution in [0.15, 0.2) is 18.2 Å². The largest absolute Gasteiger partial charge is 0.407 e. The van der Waals surface area contributed by atoms with Crippen LogP contribution in [0, 0.1) is 5.82 Å². The van der Waals surface area contributed by atoms with Crippen LogP contribution >= 0.6 is 0 Å². The number of carbonyl (C=O) groups is 1. The summed E-state index contributed by atoms with van der Waals surface area (Å²) in [6.07, 6.45) is 2.40. The van der Waals surface area contributed by atoms with Gasteiger partial charge in [0.15, 0.2) is 5.67 Å². The zero-order chi connectivity index (χ0) is 16.9. The van der Waals surface area contributed by atoms with Gasteiger partial charge in [-0.1, -0.05) is 32.8 Å². The molecule has 1 aliphatic rings. The summed E-state index contributed by atoms with van der Waals surface area (Å²) in [6, 6.07) is 4.19. The van der Waals surface area contributed by atoms with Crippen molar-refractivity contribution in [2.45, 2.75) is 51.7 Å². The normalized spacial score (nSPS) is 24.4. The van der Waals surface area contributed by atoms with E-state index in [1.165, 1.54) is 6.07 Å². The molecule has 1 aromatic rings. The molecule has 0 atom stereocenters. The molecule has 6 heteroatoms. The third-order valence-electron chi connectivity index (χ3n) is 3.67. The fourth-order valence-electron chi connectivity index (χ4n) is 2.49. The van der Waals surface area contributed by atoms with E-state index < -0.39 is 23.9 Å². The Morgan fingerprint density at radius 3 is 2.57 bits per heavy atom. The Bertz CT molecular complexity index is 539. The minimum Gasteiger partial charge on any atom is -0.407 e. The van der Waals surface area contributed by atoms with Gasteiger partial charge >= 0.3 is 12.4 Å². The van der Waals surface area contributed by atoms with E-state index in [1.807, 2.05) is 13.8 Å². The Morgan fingerprint density at radius 2 is 2.00 bits per heavy atom. The van der Waals surface area contributed by atoms with Gasteiger partial charge in [-0.2, -0.15) is 0 Å². The second kappa shape index (κ2) is 7.84. The minimum atomic E-state index is -1.55. The van der Waals surface area contributed by atoms with Crippen molar-refractivity contribution in [1.82, 2.24) is 0 Å². The van der Waals surface area contributed by atoms with Crippen LogP contribution in [0.3, 0.4) is 0 Å². The highest BCUT2D eigenvalue weighted by Crippen LogP contribution is 2.26. The Labute approximate surface area is 134 Å². The summed E-state index contributed by atoms with van der Waals surface area (Å²) < 4.78 is 43.2. The van der Waals surface area contributed by atoms with E-state index in [0.29, 0.717) is 24.8 Å². The van der Waals surface area contributed by atoms with Crippen molar-refractivity contribution in [3.8, 4) is 0 Å². The Balaban J connectivity index is 1.91. The number of alkyl halides is 1. The molecule has 0 radical (unpaired) electrons. The van der Waals surface area contributed by atoms with Crippen molar-refractivity contribution in [2.75, 3.05) is 13.2 Å². The number of benzene rings is 1. The predicted octanol–water partition coefficient (Wildman–Crippen LogP) is 3.77. The van der Waals surface area contributed by atoms with E-state index in [9.17, 15) is 13.6 Å². The van der Waals surface area contributed by atoms with E-state index in [1.54, 1.807) is 6.07 Å². The van der Waals surface area contributed by atoms with Crippen molar-refractivity contribution in [3.63, 3.8) is 0 Å². The van der Waals surface area contributed by atoms with Crippen molar-refractivity contribution in [1.29, 1.82) is 0 Å². The van der Waals surface area contributed by atoms with Crippen molar-refractivity contribution < 1.29 is 27.8 Å². The van der Waals surface area contributed by atoms with Crippen LogP contribution in [0.5, 0.6) is 0 Å². The van der Waals surface area contributed by atoms with Crippen LogP contribution < -0.4 is 0 Å². The molecule has 1 aliphatic heterocycles. The van der Waals surface area contributed by atoms with Gasteiger partial charge in [-0.15, -0.1) is 0 Å². The average molecular weight is 328 g/mol. The lowest BCUT2D eigenvalue weighted by Crippen LogP contribution is -2.45. The van der Waals surface area contributed by atoms with Gasteiger partial charge in [0.2, 0.25) is 0 Å². The minimum absolute atomic E-state index is 0.0696. The van der Waals surface area contributed by atoms with Crippen LogP contribution in [-0.2, 0) is 20.6 Å². The fourth-order valence-corrected chi connectivity index (χ4v) is 2.49. The molecule has 0 amide bonds. The fraction of sp³-hybridized carbons (Fsp3) is 0.588. The number of esters is 1. The van der Waals surface area contributed by atoms with E-state index in [2.05, 4.69) is 0 Å². The van der Waals surface area contributed by atoms with Gasteiger partial charge in [0.05, 0.1) is 18.8 Å². The number of rotatable bonds is 6. The van der Waals surface area contributed by atoms with Gasteiger partial charge in [0, 0.05) is 0 Å². The molecule has 0 unspecified atom stereocenters. The summed E-state index contributed by atoms with van der Waals surface area (Å²) in [6.45, 7) is 2.17. The lowest BCUT2D eigenvalue weighted by atomic mass is 10.0. The Kier molecular flexibility index (Phi) is 6.07. The molecule has 4 nitrogen and oxygen atoms in total. The number of aryl methyl sites for hydroxylation is 1. The Morgan fingerprint density at radius 1 is 1.30 bits per heavy atom. The summed E-state index contributed by atoms with van der Waals surface area (Å²) in [5.41, 5.74) is -0.929. The molecule has 0 aromatic heterocycles. The predicted molar refractivity (Wildman–Crippen MR) is 80.2 cm³/mol. The van der Waals surface area contributed by atoms with Crippen LogP contribution in [0.2, 0.25) is 0 Å². The topological polar surface area (TPSA) is 44.8 Å². The number of hydrogen-bond acceptors (Lipinski definition) is 4. The molecule has 0 bridgehead atoms. The first kappa shape index (κ1) is 17.8. The highest BCUT2D eigenvalue weighted by molar-refractivity contribution is 5.89. The first-order valence-corrected chi connectivity index (χ1v) is 7.89. The maximum absolute atomic E-state index is 14.1. The van der Waals surface area contributed by atoms with Crippen molar-refractivity contribution in [2.24, 2.45) is 0 Å². The second-order valence-electron chi connectivity index (χ2n) is 5.77. The molecule has 1 aromatic carbocycles. The zero-order valence-electron chi connectivity index (χ0n) is 13.4. The highest BCUT2D eigenvalue weighted by Gasteiger charge is 2.37. The molecular weight excluding hydrogens is 306 g/mol. The lowest BCUT2D eigenvalue weighted by molar-refractivity contribution is -0.318. The third kappa shape index (κ3) is 4.72. The quantitative estimate of drug-likeness (QED) is 0.746. The first-order valence-electron chi connectivity index (χ1n) is 7.89. The average Bonchev–Trinajstić information content (AvgIpc) is 2.52. The molecule has 23 heavy (non-hydrogen) atoms. The monoisotopic (exact) mass is 328 g/mol. The van der Waals surface area contributed by atoms with Gasteiger partial charge in [0.1, 0.15) is 5.82 Å². The molecule has 0 N–H and O–H groups in total. The molecule has 0 aliphatic carbocycles. The SMILES string of the molecule is CCCc1ccc(C(=O)OC2OCC(F)(CCC)CO2)cc1F. The molecule has 0 saturated carbocycles. The number of hydrogen-bond donors (Lipinski definition) is 0. The highest BCUT2D eigenvalue weighted by atomic mass is 19.1. The molecule has 1 heterocycles. The van der Waals surface area contributed by atoms with E-state index in [0.717, 1.165) is 12.5 Å². The maximum Gasteiger partial charge on any atom is 0.342 e. The van der Waals surface area contributed by atoms with Gasteiger partial charge in [-0.05, 0) is 30.5 Å². The van der Waals surface area contributed by atoms with Crippen molar-refractivity contribution in [3.05, 3.63) is 35.1 Å². The van der Waals surface area contributed by atoms with Crippen LogP contribution in [0.25, 0.3) is 0 Å². The molecule has 2 rings (SSSR count). The summed E-state index contributed by atoms with van der Waals surface area (Å²) >= 11 is 0. The summed E-state index contributed by atoms with van der Waals surface area (Å²) in [5.74, 6) is -1.21. The number of ether oxygens (including phenoxy) is 3. The van der Waals surface area contributed by atoms with Crippen molar-refractivity contribution >= 4 is 5.97 Å². The van der Waals surface area contributed by atoms with E-state index in [4.69, 9.17) is 14.2 Å². The maximum atomic E-state index is 14.1. The van der Waals surface area contributed by atoms with Gasteiger partial charge in [-0.3, -0.25) is 0 Å². The summed E-state index contributed by atoms with van der Waals surface area (Å²) in [7, 11) is 0. The number of halogens is 2. The molecular formula is C17H22F2O4. The molecule has 128 valence electrons. The summed E-state index contributed by atoms with van der Waals surface area (Å²) in [4.78, 5) is 12.0. The van der Waals surface area contributed by atoms with E-state index >= 15 is 0 Å². The zero-order valence-corrected chi connectivity index (χ0v) is 13.4. The smallest absolute Gasteiger partial charge is 0.342 e. The lowest BCUT2D eigenvalue weighted by Gasteiger charge is -2.33. The first-order chi connectivity index (χ1) is 11.0. The van der Waals surface area contributed by atoms with Crippen LogP contribution in [0.4, 0.5) is 8.78 Å². The summed E-state index contributed by atoms with van der Waals surface area (Å²) in [5, 5.41) is 0. The van der Waals surface area contributed by atoms with Gasteiger partial charge in [0.25, 0.3) is 0 Å². The second-order valence-corrected chi connectivity index (χ2v) is 5.77.